The molecule has 0 unspecified atom stereocenters. The van der Waals surface area contributed by atoms with Crippen LogP contribution in [0.3, 0.4) is 0 Å². The number of methoxy groups -OCH3 is 1. The van der Waals surface area contributed by atoms with E-state index in [0.29, 0.717) is 17.9 Å². The van der Waals surface area contributed by atoms with Crippen LogP contribution in [0.4, 0.5) is 0 Å². The zero-order valence-corrected chi connectivity index (χ0v) is 14.5. The molecular weight excluding hydrogens is 328 g/mol. The molecule has 3 aromatic rings. The van der Waals surface area contributed by atoms with Crippen molar-refractivity contribution >= 4 is 5.97 Å². The molecule has 0 aliphatic carbocycles. The number of esters is 1. The molecule has 0 aliphatic heterocycles. The highest BCUT2D eigenvalue weighted by molar-refractivity contribution is 5.92. The molecule has 3 rings (SSSR count). The van der Waals surface area contributed by atoms with E-state index in [1.54, 1.807) is 42.5 Å². The topological polar surface area (TPSA) is 55.8 Å². The molecule has 0 spiro atoms. The van der Waals surface area contributed by atoms with Crippen molar-refractivity contribution in [3.05, 3.63) is 83.9 Å². The van der Waals surface area contributed by atoms with Crippen LogP contribution in [0.25, 0.3) is 11.1 Å². The van der Waals surface area contributed by atoms with E-state index >= 15 is 0 Å². The summed E-state index contributed by atoms with van der Waals surface area (Å²) in [6, 6.07) is 22.1. The molecule has 3 aromatic carbocycles. The van der Waals surface area contributed by atoms with Crippen LogP contribution in [-0.2, 0) is 11.2 Å². The first-order valence-corrected chi connectivity index (χ1v) is 8.36. The summed E-state index contributed by atoms with van der Waals surface area (Å²) in [6.45, 7) is 0.521. The second kappa shape index (κ2) is 8.21. The van der Waals surface area contributed by atoms with Gasteiger partial charge in [0.15, 0.2) is 0 Å². The molecular formula is C22H20O4. The third-order valence-electron chi connectivity index (χ3n) is 4.07. The van der Waals surface area contributed by atoms with Gasteiger partial charge in [-0.3, -0.25) is 0 Å². The Kier molecular flexibility index (Phi) is 5.54. The summed E-state index contributed by atoms with van der Waals surface area (Å²) in [5.41, 5.74) is 3.28. The number of hydrogen-bond acceptors (Lipinski definition) is 4. The molecule has 132 valence electrons. The van der Waals surface area contributed by atoms with Gasteiger partial charge >= 0.3 is 5.97 Å². The maximum Gasteiger partial charge on any atom is 0.337 e. The van der Waals surface area contributed by atoms with Gasteiger partial charge in [0.2, 0.25) is 0 Å². The molecule has 0 aromatic heterocycles. The zero-order valence-electron chi connectivity index (χ0n) is 14.5. The lowest BCUT2D eigenvalue weighted by Gasteiger charge is -2.13. The molecule has 0 atom stereocenters. The molecule has 0 radical (unpaired) electrons. The highest BCUT2D eigenvalue weighted by Crippen LogP contribution is 2.32. The van der Waals surface area contributed by atoms with Crippen molar-refractivity contribution in [3.63, 3.8) is 0 Å². The molecule has 0 amide bonds. The molecule has 4 heteroatoms. The monoisotopic (exact) mass is 348 g/mol. The fraction of sp³-hybridized carbons (Fsp3) is 0.136. The lowest BCUT2D eigenvalue weighted by molar-refractivity contribution is 0.0600. The van der Waals surface area contributed by atoms with Crippen LogP contribution in [-0.4, -0.2) is 24.8 Å². The van der Waals surface area contributed by atoms with Gasteiger partial charge in [0, 0.05) is 12.0 Å². The van der Waals surface area contributed by atoms with Gasteiger partial charge in [-0.25, -0.2) is 4.79 Å². The van der Waals surface area contributed by atoms with Crippen molar-refractivity contribution in [1.29, 1.82) is 0 Å². The third-order valence-corrected chi connectivity index (χ3v) is 4.07. The molecule has 0 fully saturated rings. The van der Waals surface area contributed by atoms with Crippen LogP contribution in [0, 0.1) is 0 Å². The Labute approximate surface area is 152 Å². The van der Waals surface area contributed by atoms with Crippen molar-refractivity contribution in [2.45, 2.75) is 6.42 Å². The average Bonchev–Trinajstić information content (AvgIpc) is 2.69. The Hall–Kier alpha value is -3.27. The maximum absolute atomic E-state index is 11.9. The number of phenolic OH excluding ortho intramolecular Hbond substituents is 1. The summed E-state index contributed by atoms with van der Waals surface area (Å²) in [7, 11) is 1.35. The molecule has 26 heavy (non-hydrogen) atoms. The minimum atomic E-state index is -0.402. The van der Waals surface area contributed by atoms with Crippen LogP contribution < -0.4 is 4.74 Å². The van der Waals surface area contributed by atoms with E-state index in [-0.39, 0.29) is 5.75 Å². The molecule has 0 bridgehead atoms. The van der Waals surface area contributed by atoms with Crippen molar-refractivity contribution in [2.75, 3.05) is 13.7 Å². The van der Waals surface area contributed by atoms with Gasteiger partial charge < -0.3 is 14.6 Å². The Morgan fingerprint density at radius 1 is 0.962 bits per heavy atom. The van der Waals surface area contributed by atoms with Crippen molar-refractivity contribution < 1.29 is 19.4 Å². The van der Waals surface area contributed by atoms with Gasteiger partial charge in [0.1, 0.15) is 11.5 Å². The number of rotatable bonds is 6. The van der Waals surface area contributed by atoms with E-state index < -0.39 is 5.97 Å². The predicted molar refractivity (Wildman–Crippen MR) is 101 cm³/mol. The first kappa shape index (κ1) is 17.5. The number of carbonyl (C=O) groups is 1. The van der Waals surface area contributed by atoms with Gasteiger partial charge in [-0.15, -0.1) is 0 Å². The summed E-state index contributed by atoms with van der Waals surface area (Å²) in [6.07, 6.45) is 0.786. The number of carbonyl (C=O) groups excluding carboxylic acids is 1. The van der Waals surface area contributed by atoms with Crippen molar-refractivity contribution in [1.82, 2.24) is 0 Å². The van der Waals surface area contributed by atoms with E-state index in [2.05, 4.69) is 12.1 Å². The number of benzene rings is 3. The van der Waals surface area contributed by atoms with Crippen molar-refractivity contribution in [2.24, 2.45) is 0 Å². The first-order valence-electron chi connectivity index (χ1n) is 8.36. The Bertz CT molecular complexity index is 870. The fourth-order valence-electron chi connectivity index (χ4n) is 2.69. The minimum absolute atomic E-state index is 0.185. The Morgan fingerprint density at radius 2 is 1.69 bits per heavy atom. The molecule has 0 aliphatic rings. The van der Waals surface area contributed by atoms with Crippen LogP contribution >= 0.6 is 0 Å². The van der Waals surface area contributed by atoms with Crippen LogP contribution in [0.1, 0.15) is 15.9 Å². The zero-order chi connectivity index (χ0) is 18.4. The Balaban J connectivity index is 1.85. The van der Waals surface area contributed by atoms with Crippen molar-refractivity contribution in [3.8, 4) is 22.6 Å². The number of hydrogen-bond donors (Lipinski definition) is 1. The molecule has 4 nitrogen and oxygen atoms in total. The van der Waals surface area contributed by atoms with E-state index in [9.17, 15) is 9.90 Å². The number of aromatic hydroxyl groups is 1. The summed E-state index contributed by atoms with van der Waals surface area (Å²) in [4.78, 5) is 11.9. The average molecular weight is 348 g/mol. The van der Waals surface area contributed by atoms with Crippen LogP contribution in [0.5, 0.6) is 11.5 Å². The molecule has 0 heterocycles. The summed E-state index contributed by atoms with van der Waals surface area (Å²) >= 11 is 0. The van der Waals surface area contributed by atoms with E-state index in [1.807, 2.05) is 18.2 Å². The highest BCUT2D eigenvalue weighted by Gasteiger charge is 2.13. The quantitative estimate of drug-likeness (QED) is 0.668. The van der Waals surface area contributed by atoms with Crippen LogP contribution in [0.2, 0.25) is 0 Å². The molecule has 0 saturated carbocycles. The summed E-state index contributed by atoms with van der Waals surface area (Å²) < 4.78 is 10.8. The largest absolute Gasteiger partial charge is 0.508 e. The van der Waals surface area contributed by atoms with Gasteiger partial charge in [0.25, 0.3) is 0 Å². The highest BCUT2D eigenvalue weighted by atomic mass is 16.5. The fourth-order valence-corrected chi connectivity index (χ4v) is 2.69. The Morgan fingerprint density at radius 3 is 2.38 bits per heavy atom. The SMILES string of the molecule is COC(=O)c1ccc(OCCc2ccccc2)c(-c2ccc(O)cc2)c1. The van der Waals surface area contributed by atoms with E-state index in [4.69, 9.17) is 9.47 Å². The lowest BCUT2D eigenvalue weighted by atomic mass is 10.0. The predicted octanol–water partition coefficient (Wildman–Crippen LogP) is 4.47. The van der Waals surface area contributed by atoms with E-state index in [0.717, 1.165) is 17.5 Å². The molecule has 0 saturated heterocycles. The minimum Gasteiger partial charge on any atom is -0.508 e. The van der Waals surface area contributed by atoms with Crippen LogP contribution in [0.15, 0.2) is 72.8 Å². The second-order valence-electron chi connectivity index (χ2n) is 5.83. The number of ether oxygens (including phenoxy) is 2. The standard InChI is InChI=1S/C22H20O4/c1-25-22(24)18-9-12-21(26-14-13-16-5-3-2-4-6-16)20(15-18)17-7-10-19(23)11-8-17/h2-12,15,23H,13-14H2,1H3. The van der Waals surface area contributed by atoms with Gasteiger partial charge in [-0.2, -0.15) is 0 Å². The van der Waals surface area contributed by atoms with Gasteiger partial charge in [-0.1, -0.05) is 42.5 Å². The third kappa shape index (κ3) is 4.22. The lowest BCUT2D eigenvalue weighted by Crippen LogP contribution is -2.05. The van der Waals surface area contributed by atoms with Gasteiger partial charge in [0.05, 0.1) is 19.3 Å². The van der Waals surface area contributed by atoms with E-state index in [1.165, 1.54) is 12.7 Å². The normalized spacial score (nSPS) is 10.3. The number of phenols is 1. The van der Waals surface area contributed by atoms with Gasteiger partial charge in [-0.05, 0) is 41.5 Å². The summed E-state index contributed by atoms with van der Waals surface area (Å²) in [5, 5.41) is 9.52. The molecule has 1 N–H and O–H groups in total. The first-order chi connectivity index (χ1) is 12.7. The second-order valence-corrected chi connectivity index (χ2v) is 5.83. The summed E-state index contributed by atoms with van der Waals surface area (Å²) in [5.74, 6) is 0.463. The smallest absolute Gasteiger partial charge is 0.337 e. The maximum atomic E-state index is 11.9.